The van der Waals surface area contributed by atoms with Crippen LogP contribution in [0.1, 0.15) is 5.56 Å². The van der Waals surface area contributed by atoms with Gasteiger partial charge in [-0.2, -0.15) is 5.26 Å². The SMILES string of the molecule is N#Cc1ccc(=O)n(CC(N)C(N)=O)c1. The Balaban J connectivity index is 3.00. The molecule has 1 aromatic rings. The van der Waals surface area contributed by atoms with Gasteiger partial charge in [0.15, 0.2) is 0 Å². The van der Waals surface area contributed by atoms with E-state index in [0.717, 1.165) is 0 Å². The van der Waals surface area contributed by atoms with Gasteiger partial charge in [-0.1, -0.05) is 0 Å². The Labute approximate surface area is 85.7 Å². The van der Waals surface area contributed by atoms with Crippen LogP contribution in [0.15, 0.2) is 23.1 Å². The highest BCUT2D eigenvalue weighted by atomic mass is 16.1. The molecular weight excluding hydrogens is 196 g/mol. The minimum absolute atomic E-state index is 0.0241. The van der Waals surface area contributed by atoms with Crippen molar-refractivity contribution in [2.75, 3.05) is 0 Å². The average Bonchev–Trinajstić information content (AvgIpc) is 2.21. The summed E-state index contributed by atoms with van der Waals surface area (Å²) in [6, 6.07) is 3.59. The molecule has 1 atom stereocenters. The maximum absolute atomic E-state index is 11.3. The molecule has 0 spiro atoms. The number of nitriles is 1. The van der Waals surface area contributed by atoms with Crippen LogP contribution in [0.4, 0.5) is 0 Å². The highest BCUT2D eigenvalue weighted by Gasteiger charge is 2.10. The van der Waals surface area contributed by atoms with Gasteiger partial charge in [-0.05, 0) is 6.07 Å². The van der Waals surface area contributed by atoms with Gasteiger partial charge in [0.05, 0.1) is 5.56 Å². The number of pyridine rings is 1. The summed E-state index contributed by atoms with van der Waals surface area (Å²) in [7, 11) is 0. The van der Waals surface area contributed by atoms with E-state index in [9.17, 15) is 9.59 Å². The standard InChI is InChI=1S/C9H10N4O2/c10-3-6-1-2-8(14)13(4-6)5-7(11)9(12)15/h1-2,4,7H,5,11H2,(H2,12,15). The Kier molecular flexibility index (Phi) is 3.21. The Morgan fingerprint density at radius 1 is 1.60 bits per heavy atom. The van der Waals surface area contributed by atoms with Crippen molar-refractivity contribution in [2.45, 2.75) is 12.6 Å². The van der Waals surface area contributed by atoms with Gasteiger partial charge in [-0.3, -0.25) is 9.59 Å². The first-order chi connectivity index (χ1) is 7.04. The molecule has 0 aromatic carbocycles. The minimum atomic E-state index is -0.934. The van der Waals surface area contributed by atoms with Crippen molar-refractivity contribution in [3.63, 3.8) is 0 Å². The predicted octanol–water partition coefficient (Wildman–Crippen LogP) is -1.47. The van der Waals surface area contributed by atoms with Crippen LogP contribution in [0.25, 0.3) is 0 Å². The van der Waals surface area contributed by atoms with Crippen molar-refractivity contribution < 1.29 is 4.79 Å². The van der Waals surface area contributed by atoms with E-state index >= 15 is 0 Å². The third-order valence-electron chi connectivity index (χ3n) is 1.87. The molecule has 0 fully saturated rings. The Bertz CT molecular complexity index is 472. The van der Waals surface area contributed by atoms with E-state index in [1.54, 1.807) is 0 Å². The van der Waals surface area contributed by atoms with Crippen LogP contribution >= 0.6 is 0 Å². The number of primary amides is 1. The molecule has 1 unspecified atom stereocenters. The van der Waals surface area contributed by atoms with Gasteiger partial charge in [-0.15, -0.1) is 0 Å². The van der Waals surface area contributed by atoms with Crippen LogP contribution in [0.5, 0.6) is 0 Å². The molecule has 0 radical (unpaired) electrons. The lowest BCUT2D eigenvalue weighted by Gasteiger charge is -2.09. The number of rotatable bonds is 3. The molecule has 0 aliphatic carbocycles. The van der Waals surface area contributed by atoms with Crippen LogP contribution in [-0.4, -0.2) is 16.5 Å². The van der Waals surface area contributed by atoms with Crippen molar-refractivity contribution in [2.24, 2.45) is 11.5 Å². The van der Waals surface area contributed by atoms with Crippen molar-refractivity contribution >= 4 is 5.91 Å². The highest BCUT2D eigenvalue weighted by Crippen LogP contribution is 1.93. The zero-order valence-electron chi connectivity index (χ0n) is 7.88. The number of nitrogens with zero attached hydrogens (tertiary/aromatic N) is 2. The summed E-state index contributed by atoms with van der Waals surface area (Å²) in [5, 5.41) is 8.61. The van der Waals surface area contributed by atoms with Gasteiger partial charge in [0, 0.05) is 18.8 Å². The first kappa shape index (κ1) is 10.9. The van der Waals surface area contributed by atoms with E-state index in [2.05, 4.69) is 0 Å². The summed E-state index contributed by atoms with van der Waals surface area (Å²) in [5.74, 6) is -0.690. The fourth-order valence-electron chi connectivity index (χ4n) is 1.04. The summed E-state index contributed by atoms with van der Waals surface area (Å²) >= 11 is 0. The van der Waals surface area contributed by atoms with E-state index in [4.69, 9.17) is 16.7 Å². The molecule has 0 bridgehead atoms. The van der Waals surface area contributed by atoms with Crippen LogP contribution in [0.3, 0.4) is 0 Å². The van der Waals surface area contributed by atoms with Crippen molar-refractivity contribution in [1.29, 1.82) is 5.26 Å². The zero-order valence-corrected chi connectivity index (χ0v) is 7.88. The summed E-state index contributed by atoms with van der Waals surface area (Å²) in [6.07, 6.45) is 1.34. The summed E-state index contributed by atoms with van der Waals surface area (Å²) < 4.78 is 1.19. The van der Waals surface area contributed by atoms with Gasteiger partial charge < -0.3 is 16.0 Å². The lowest BCUT2D eigenvalue weighted by molar-refractivity contribution is -0.119. The van der Waals surface area contributed by atoms with Crippen molar-refractivity contribution in [3.05, 3.63) is 34.2 Å². The first-order valence-electron chi connectivity index (χ1n) is 4.20. The number of nitrogens with two attached hydrogens (primary N) is 2. The summed E-state index contributed by atoms with van der Waals surface area (Å²) in [4.78, 5) is 22.0. The Morgan fingerprint density at radius 2 is 2.27 bits per heavy atom. The monoisotopic (exact) mass is 206 g/mol. The lowest BCUT2D eigenvalue weighted by Crippen LogP contribution is -2.42. The van der Waals surface area contributed by atoms with E-state index in [1.165, 1.54) is 22.9 Å². The quantitative estimate of drug-likeness (QED) is 0.628. The molecule has 15 heavy (non-hydrogen) atoms. The van der Waals surface area contributed by atoms with E-state index in [-0.39, 0.29) is 12.1 Å². The van der Waals surface area contributed by atoms with Crippen molar-refractivity contribution in [3.8, 4) is 6.07 Å². The van der Waals surface area contributed by atoms with Gasteiger partial charge in [0.1, 0.15) is 12.1 Å². The van der Waals surface area contributed by atoms with Gasteiger partial charge >= 0.3 is 0 Å². The highest BCUT2D eigenvalue weighted by molar-refractivity contribution is 5.79. The van der Waals surface area contributed by atoms with Crippen LogP contribution in [0, 0.1) is 11.3 Å². The normalized spacial score (nSPS) is 11.7. The number of carbonyl (C=O) groups excluding carboxylic acids is 1. The second-order valence-corrected chi connectivity index (χ2v) is 3.03. The zero-order chi connectivity index (χ0) is 11.4. The van der Waals surface area contributed by atoms with E-state index < -0.39 is 11.9 Å². The molecule has 0 saturated heterocycles. The summed E-state index contributed by atoms with van der Waals surface area (Å²) in [5.41, 5.74) is 10.3. The average molecular weight is 206 g/mol. The smallest absolute Gasteiger partial charge is 0.250 e. The fourth-order valence-corrected chi connectivity index (χ4v) is 1.04. The number of amides is 1. The minimum Gasteiger partial charge on any atom is -0.368 e. The van der Waals surface area contributed by atoms with Crippen LogP contribution in [0.2, 0.25) is 0 Å². The number of aromatic nitrogens is 1. The fraction of sp³-hybridized carbons (Fsp3) is 0.222. The maximum Gasteiger partial charge on any atom is 0.250 e. The molecule has 1 amide bonds. The van der Waals surface area contributed by atoms with Crippen LogP contribution in [-0.2, 0) is 11.3 Å². The Hall–Kier alpha value is -2.13. The molecule has 0 aliphatic rings. The van der Waals surface area contributed by atoms with Gasteiger partial charge in [-0.25, -0.2) is 0 Å². The molecule has 0 aliphatic heterocycles. The lowest BCUT2D eigenvalue weighted by atomic mass is 10.2. The molecular formula is C9H10N4O2. The van der Waals surface area contributed by atoms with E-state index in [1.807, 2.05) is 6.07 Å². The largest absolute Gasteiger partial charge is 0.368 e. The van der Waals surface area contributed by atoms with Crippen LogP contribution < -0.4 is 17.0 Å². The second-order valence-electron chi connectivity index (χ2n) is 3.03. The molecule has 6 heteroatoms. The Morgan fingerprint density at radius 3 is 2.80 bits per heavy atom. The molecule has 0 saturated carbocycles. The topological polar surface area (TPSA) is 115 Å². The number of carbonyl (C=O) groups is 1. The van der Waals surface area contributed by atoms with Crippen molar-refractivity contribution in [1.82, 2.24) is 4.57 Å². The van der Waals surface area contributed by atoms with Gasteiger partial charge in [0.2, 0.25) is 5.91 Å². The maximum atomic E-state index is 11.3. The second kappa shape index (κ2) is 4.39. The molecule has 6 nitrogen and oxygen atoms in total. The molecule has 1 rings (SSSR count). The molecule has 1 aromatic heterocycles. The molecule has 78 valence electrons. The third-order valence-corrected chi connectivity index (χ3v) is 1.87. The third kappa shape index (κ3) is 2.65. The predicted molar refractivity (Wildman–Crippen MR) is 52.6 cm³/mol. The first-order valence-corrected chi connectivity index (χ1v) is 4.20. The number of hydrogen-bond acceptors (Lipinski definition) is 4. The number of hydrogen-bond donors (Lipinski definition) is 2. The molecule has 4 N–H and O–H groups in total. The van der Waals surface area contributed by atoms with E-state index in [0.29, 0.717) is 5.56 Å². The van der Waals surface area contributed by atoms with Gasteiger partial charge in [0.25, 0.3) is 5.56 Å². The summed E-state index contributed by atoms with van der Waals surface area (Å²) in [6.45, 7) is -0.0241. The molecule has 1 heterocycles.